The number of carbonyl (C=O) groups is 1. The van der Waals surface area contributed by atoms with E-state index in [1.807, 2.05) is 6.08 Å². The van der Waals surface area contributed by atoms with Gasteiger partial charge in [0.25, 0.3) is 0 Å². The minimum atomic E-state index is -0.465. The molecule has 0 spiro atoms. The van der Waals surface area contributed by atoms with E-state index in [9.17, 15) is 9.90 Å². The maximum Gasteiger partial charge on any atom is 0.337 e. The first-order valence-corrected chi connectivity index (χ1v) is 4.97. The van der Waals surface area contributed by atoms with Gasteiger partial charge in [-0.25, -0.2) is 4.79 Å². The summed E-state index contributed by atoms with van der Waals surface area (Å²) >= 11 is 0. The third-order valence-electron chi connectivity index (χ3n) is 2.08. The summed E-state index contributed by atoms with van der Waals surface area (Å²) in [7, 11) is 1.30. The number of phenols is 1. The summed E-state index contributed by atoms with van der Waals surface area (Å²) in [5.74, 6) is -0.413. The highest BCUT2D eigenvalue weighted by Gasteiger charge is 2.07. The Morgan fingerprint density at radius 2 is 2.31 bits per heavy atom. The molecule has 0 saturated carbocycles. The molecular weight excluding hydrogens is 206 g/mol. The van der Waals surface area contributed by atoms with Crippen molar-refractivity contribution in [3.05, 3.63) is 35.4 Å². The highest BCUT2D eigenvalue weighted by Crippen LogP contribution is 2.20. The molecule has 0 aliphatic heterocycles. The van der Waals surface area contributed by atoms with Crippen LogP contribution in [-0.2, 0) is 4.74 Å². The second-order valence-corrected chi connectivity index (χ2v) is 3.24. The number of ether oxygens (including phenoxy) is 1. The van der Waals surface area contributed by atoms with E-state index in [1.54, 1.807) is 18.2 Å². The monoisotopic (exact) mass is 221 g/mol. The van der Waals surface area contributed by atoms with Crippen LogP contribution in [0.4, 0.5) is 0 Å². The molecular formula is C12H15NO3. The maximum atomic E-state index is 11.2. The Hall–Kier alpha value is -1.81. The molecule has 0 fully saturated rings. The summed E-state index contributed by atoms with van der Waals surface area (Å²) in [4.78, 5) is 11.2. The number of rotatable bonds is 4. The van der Waals surface area contributed by atoms with Gasteiger partial charge in [0, 0.05) is 5.56 Å². The fraction of sp³-hybridized carbons (Fsp3) is 0.250. The highest BCUT2D eigenvalue weighted by atomic mass is 16.5. The smallest absolute Gasteiger partial charge is 0.337 e. The number of hydrogen-bond acceptors (Lipinski definition) is 4. The molecule has 0 radical (unpaired) electrons. The minimum Gasteiger partial charge on any atom is -0.507 e. The second-order valence-electron chi connectivity index (χ2n) is 3.24. The first kappa shape index (κ1) is 12.3. The molecule has 0 amide bonds. The van der Waals surface area contributed by atoms with E-state index in [0.717, 1.165) is 6.42 Å². The van der Waals surface area contributed by atoms with Crippen LogP contribution in [0, 0.1) is 0 Å². The second kappa shape index (κ2) is 5.92. The van der Waals surface area contributed by atoms with Crippen LogP contribution in [0.15, 0.2) is 24.3 Å². The number of benzene rings is 1. The van der Waals surface area contributed by atoms with Gasteiger partial charge in [-0.15, -0.1) is 0 Å². The summed E-state index contributed by atoms with van der Waals surface area (Å²) in [5.41, 5.74) is 6.32. The van der Waals surface area contributed by atoms with Gasteiger partial charge in [-0.2, -0.15) is 0 Å². The van der Waals surface area contributed by atoms with Gasteiger partial charge in [-0.05, 0) is 25.1 Å². The van der Waals surface area contributed by atoms with Crippen molar-refractivity contribution in [3.63, 3.8) is 0 Å². The largest absolute Gasteiger partial charge is 0.507 e. The number of esters is 1. The zero-order valence-electron chi connectivity index (χ0n) is 9.14. The quantitative estimate of drug-likeness (QED) is 0.756. The van der Waals surface area contributed by atoms with Crippen LogP contribution in [0.1, 0.15) is 22.3 Å². The molecule has 0 aliphatic rings. The molecule has 0 heterocycles. The molecule has 0 unspecified atom stereocenters. The van der Waals surface area contributed by atoms with Crippen LogP contribution >= 0.6 is 0 Å². The van der Waals surface area contributed by atoms with E-state index in [-0.39, 0.29) is 5.75 Å². The van der Waals surface area contributed by atoms with E-state index >= 15 is 0 Å². The highest BCUT2D eigenvalue weighted by molar-refractivity contribution is 5.90. The lowest BCUT2D eigenvalue weighted by molar-refractivity contribution is 0.0600. The Labute approximate surface area is 94.3 Å². The average Bonchev–Trinajstić information content (AvgIpc) is 2.30. The van der Waals surface area contributed by atoms with Gasteiger partial charge in [0.05, 0.1) is 12.7 Å². The van der Waals surface area contributed by atoms with Crippen LogP contribution in [0.25, 0.3) is 6.08 Å². The van der Waals surface area contributed by atoms with E-state index in [1.165, 1.54) is 13.2 Å². The number of hydrogen-bond donors (Lipinski definition) is 2. The molecule has 0 aliphatic carbocycles. The van der Waals surface area contributed by atoms with Crippen molar-refractivity contribution in [1.82, 2.24) is 0 Å². The topological polar surface area (TPSA) is 72.5 Å². The minimum absolute atomic E-state index is 0.0520. The predicted molar refractivity (Wildman–Crippen MR) is 62.2 cm³/mol. The lowest BCUT2D eigenvalue weighted by Crippen LogP contribution is -2.00. The number of carbonyl (C=O) groups excluding carboxylic acids is 1. The van der Waals surface area contributed by atoms with Crippen LogP contribution in [0.2, 0.25) is 0 Å². The molecule has 1 aromatic rings. The molecule has 16 heavy (non-hydrogen) atoms. The number of phenolic OH excluding ortho intramolecular Hbond substituents is 1. The fourth-order valence-electron chi connectivity index (χ4n) is 1.24. The van der Waals surface area contributed by atoms with Gasteiger partial charge in [0.1, 0.15) is 5.75 Å². The average molecular weight is 221 g/mol. The van der Waals surface area contributed by atoms with Crippen LogP contribution in [-0.4, -0.2) is 24.7 Å². The van der Waals surface area contributed by atoms with Crippen molar-refractivity contribution >= 4 is 12.0 Å². The van der Waals surface area contributed by atoms with Crippen molar-refractivity contribution in [2.24, 2.45) is 5.73 Å². The van der Waals surface area contributed by atoms with E-state index in [0.29, 0.717) is 17.7 Å². The number of nitrogens with two attached hydrogens (primary N) is 1. The normalized spacial score (nSPS) is 10.6. The molecule has 4 heteroatoms. The van der Waals surface area contributed by atoms with Crippen LogP contribution < -0.4 is 5.73 Å². The van der Waals surface area contributed by atoms with Crippen molar-refractivity contribution in [1.29, 1.82) is 0 Å². The lowest BCUT2D eigenvalue weighted by atomic mass is 10.1. The predicted octanol–water partition coefficient (Wildman–Crippen LogP) is 1.54. The Morgan fingerprint density at radius 1 is 1.56 bits per heavy atom. The van der Waals surface area contributed by atoms with Gasteiger partial charge >= 0.3 is 5.97 Å². The third-order valence-corrected chi connectivity index (χ3v) is 2.08. The van der Waals surface area contributed by atoms with Crippen LogP contribution in [0.3, 0.4) is 0 Å². The third kappa shape index (κ3) is 3.10. The molecule has 86 valence electrons. The molecule has 0 bridgehead atoms. The van der Waals surface area contributed by atoms with Crippen molar-refractivity contribution in [2.45, 2.75) is 6.42 Å². The SMILES string of the molecule is COC(=O)c1ccc(C=CCCN)c(O)c1. The van der Waals surface area contributed by atoms with Gasteiger partial charge in [-0.3, -0.25) is 0 Å². The molecule has 4 nitrogen and oxygen atoms in total. The Kier molecular flexibility index (Phi) is 4.54. The number of methoxy groups -OCH3 is 1. The van der Waals surface area contributed by atoms with Crippen molar-refractivity contribution < 1.29 is 14.6 Å². The van der Waals surface area contributed by atoms with E-state index in [4.69, 9.17) is 5.73 Å². The standard InChI is InChI=1S/C12H15NO3/c1-16-12(15)10-6-5-9(11(14)8-10)4-2-3-7-13/h2,4-6,8,14H,3,7,13H2,1H3. The molecule has 1 rings (SSSR count). The summed E-state index contributed by atoms with van der Waals surface area (Å²) in [5, 5.41) is 9.64. The van der Waals surface area contributed by atoms with E-state index in [2.05, 4.69) is 4.74 Å². The zero-order chi connectivity index (χ0) is 12.0. The summed E-state index contributed by atoms with van der Waals surface area (Å²) < 4.78 is 4.55. The van der Waals surface area contributed by atoms with Gasteiger partial charge in [-0.1, -0.05) is 18.2 Å². The summed E-state index contributed by atoms with van der Waals surface area (Å²) in [6, 6.07) is 4.65. The molecule has 0 aromatic heterocycles. The van der Waals surface area contributed by atoms with Gasteiger partial charge in [0.15, 0.2) is 0 Å². The molecule has 0 atom stereocenters. The van der Waals surface area contributed by atoms with E-state index < -0.39 is 5.97 Å². The maximum absolute atomic E-state index is 11.2. The number of aromatic hydroxyl groups is 1. The van der Waals surface area contributed by atoms with Crippen molar-refractivity contribution in [2.75, 3.05) is 13.7 Å². The Balaban J connectivity index is 2.87. The molecule has 1 aromatic carbocycles. The first-order chi connectivity index (χ1) is 7.69. The Morgan fingerprint density at radius 3 is 2.88 bits per heavy atom. The van der Waals surface area contributed by atoms with Crippen LogP contribution in [0.5, 0.6) is 5.75 Å². The van der Waals surface area contributed by atoms with Crippen molar-refractivity contribution in [3.8, 4) is 5.75 Å². The fourth-order valence-corrected chi connectivity index (χ4v) is 1.24. The molecule has 0 saturated heterocycles. The Bertz CT molecular complexity index is 399. The summed E-state index contributed by atoms with van der Waals surface area (Å²) in [6.07, 6.45) is 4.38. The molecule has 3 N–H and O–H groups in total. The summed E-state index contributed by atoms with van der Waals surface area (Å²) in [6.45, 7) is 0.567. The van der Waals surface area contributed by atoms with Gasteiger partial charge < -0.3 is 15.6 Å². The first-order valence-electron chi connectivity index (χ1n) is 4.97. The van der Waals surface area contributed by atoms with Gasteiger partial charge in [0.2, 0.25) is 0 Å². The zero-order valence-corrected chi connectivity index (χ0v) is 9.14. The lowest BCUT2D eigenvalue weighted by Gasteiger charge is -2.02.